The molecule has 0 aliphatic rings. The summed E-state index contributed by atoms with van der Waals surface area (Å²) in [6.07, 6.45) is 2.05. The number of fused-ring (bicyclic) bond motifs is 3. The molecule has 0 unspecified atom stereocenters. The van der Waals surface area contributed by atoms with Crippen molar-refractivity contribution >= 4 is 44.0 Å². The third kappa shape index (κ3) is 3.50. The fourth-order valence-electron chi connectivity index (χ4n) is 3.28. The Morgan fingerprint density at radius 2 is 1.83 bits per heavy atom. The number of hydrogen-bond acceptors (Lipinski definition) is 3. The highest BCUT2D eigenvalue weighted by Gasteiger charge is 2.13. The summed E-state index contributed by atoms with van der Waals surface area (Å²) < 4.78 is 3.11. The smallest absolute Gasteiger partial charge is 0.251 e. The number of halogens is 1. The molecule has 0 radical (unpaired) electrons. The van der Waals surface area contributed by atoms with Crippen molar-refractivity contribution in [3.8, 4) is 11.3 Å². The fourth-order valence-corrected chi connectivity index (χ4v) is 4.45. The summed E-state index contributed by atoms with van der Waals surface area (Å²) in [5.41, 5.74) is 4.73. The van der Waals surface area contributed by atoms with Crippen molar-refractivity contribution in [1.29, 1.82) is 0 Å². The molecule has 3 aromatic carbocycles. The third-order valence-corrected chi connectivity index (χ3v) is 6.06. The minimum Gasteiger partial charge on any atom is -0.348 e. The normalized spacial score (nSPS) is 11.2. The van der Waals surface area contributed by atoms with Crippen molar-refractivity contribution in [2.75, 3.05) is 0 Å². The highest BCUT2D eigenvalue weighted by molar-refractivity contribution is 7.23. The molecule has 0 fully saturated rings. The molecule has 0 atom stereocenters. The number of imidazole rings is 1. The standard InChI is InChI=1S/C23H16ClN3OS/c24-18-9-6-15(7-10-18)13-25-22(28)17-8-11-20-21(12-17)29-23-26-19(14-27(20)23)16-4-2-1-3-5-16/h1-12,14H,13H2,(H,25,28). The van der Waals surface area contributed by atoms with Gasteiger partial charge >= 0.3 is 0 Å². The zero-order valence-corrected chi connectivity index (χ0v) is 16.9. The predicted molar refractivity (Wildman–Crippen MR) is 119 cm³/mol. The summed E-state index contributed by atoms with van der Waals surface area (Å²) in [5.74, 6) is -0.0992. The van der Waals surface area contributed by atoms with Gasteiger partial charge in [0, 0.05) is 28.9 Å². The minimum absolute atomic E-state index is 0.0992. The summed E-state index contributed by atoms with van der Waals surface area (Å²) in [5, 5.41) is 3.64. The molecule has 0 bridgehead atoms. The van der Waals surface area contributed by atoms with Crippen LogP contribution in [0.15, 0.2) is 79.0 Å². The average Bonchev–Trinajstić information content (AvgIpc) is 3.31. The van der Waals surface area contributed by atoms with Gasteiger partial charge in [0.2, 0.25) is 0 Å². The Morgan fingerprint density at radius 1 is 1.03 bits per heavy atom. The maximum absolute atomic E-state index is 12.6. The zero-order chi connectivity index (χ0) is 19.8. The molecule has 2 heterocycles. The first-order valence-electron chi connectivity index (χ1n) is 9.17. The molecule has 0 aliphatic heterocycles. The number of carbonyl (C=O) groups excluding carboxylic acids is 1. The molecule has 142 valence electrons. The number of thiazole rings is 1. The molecule has 29 heavy (non-hydrogen) atoms. The van der Waals surface area contributed by atoms with Crippen LogP contribution < -0.4 is 5.32 Å². The quantitative estimate of drug-likeness (QED) is 0.401. The number of rotatable bonds is 4. The highest BCUT2D eigenvalue weighted by Crippen LogP contribution is 2.30. The summed E-state index contributed by atoms with van der Waals surface area (Å²) in [6, 6.07) is 23.3. The van der Waals surface area contributed by atoms with Crippen LogP contribution in [-0.2, 0) is 6.54 Å². The van der Waals surface area contributed by atoms with Gasteiger partial charge in [-0.15, -0.1) is 0 Å². The van der Waals surface area contributed by atoms with Crippen molar-refractivity contribution in [2.24, 2.45) is 0 Å². The summed E-state index contributed by atoms with van der Waals surface area (Å²) in [4.78, 5) is 18.2. The molecule has 2 aromatic heterocycles. The number of benzene rings is 3. The Hall–Kier alpha value is -3.15. The van der Waals surface area contributed by atoms with E-state index in [0.717, 1.165) is 32.0 Å². The van der Waals surface area contributed by atoms with Crippen LogP contribution in [0.1, 0.15) is 15.9 Å². The van der Waals surface area contributed by atoms with Gasteiger partial charge in [0.1, 0.15) is 0 Å². The predicted octanol–water partition coefficient (Wildman–Crippen LogP) is 5.80. The lowest BCUT2D eigenvalue weighted by atomic mass is 10.2. The van der Waals surface area contributed by atoms with Crippen LogP contribution in [0.3, 0.4) is 0 Å². The van der Waals surface area contributed by atoms with E-state index in [1.165, 1.54) is 0 Å². The van der Waals surface area contributed by atoms with Crippen LogP contribution in [0.2, 0.25) is 5.02 Å². The molecule has 6 heteroatoms. The van der Waals surface area contributed by atoms with E-state index in [1.807, 2.05) is 66.9 Å². The lowest BCUT2D eigenvalue weighted by molar-refractivity contribution is 0.0951. The van der Waals surface area contributed by atoms with E-state index in [4.69, 9.17) is 16.6 Å². The van der Waals surface area contributed by atoms with E-state index in [1.54, 1.807) is 11.3 Å². The van der Waals surface area contributed by atoms with Gasteiger partial charge in [0.05, 0.1) is 15.9 Å². The first-order chi connectivity index (χ1) is 14.2. The lowest BCUT2D eigenvalue weighted by Gasteiger charge is -2.06. The Morgan fingerprint density at radius 3 is 2.62 bits per heavy atom. The van der Waals surface area contributed by atoms with Crippen molar-refractivity contribution in [3.05, 3.63) is 95.1 Å². The highest BCUT2D eigenvalue weighted by atomic mass is 35.5. The minimum atomic E-state index is -0.0992. The van der Waals surface area contributed by atoms with Gasteiger partial charge in [-0.1, -0.05) is 65.4 Å². The van der Waals surface area contributed by atoms with E-state index >= 15 is 0 Å². The van der Waals surface area contributed by atoms with Crippen LogP contribution in [0.25, 0.3) is 26.4 Å². The maximum atomic E-state index is 12.6. The van der Waals surface area contributed by atoms with Crippen LogP contribution in [0.5, 0.6) is 0 Å². The van der Waals surface area contributed by atoms with E-state index in [0.29, 0.717) is 17.1 Å². The van der Waals surface area contributed by atoms with E-state index in [-0.39, 0.29) is 5.91 Å². The van der Waals surface area contributed by atoms with E-state index < -0.39 is 0 Å². The molecule has 0 saturated carbocycles. The molecule has 5 rings (SSSR count). The van der Waals surface area contributed by atoms with Crippen LogP contribution in [0.4, 0.5) is 0 Å². The Balaban J connectivity index is 1.40. The van der Waals surface area contributed by atoms with Crippen LogP contribution >= 0.6 is 22.9 Å². The van der Waals surface area contributed by atoms with Gasteiger partial charge in [-0.25, -0.2) is 4.98 Å². The monoisotopic (exact) mass is 417 g/mol. The summed E-state index contributed by atoms with van der Waals surface area (Å²) in [6.45, 7) is 0.461. The Labute approximate surface area is 176 Å². The van der Waals surface area contributed by atoms with Crippen molar-refractivity contribution in [1.82, 2.24) is 14.7 Å². The molecule has 0 aliphatic carbocycles. The number of nitrogens with one attached hydrogen (secondary N) is 1. The van der Waals surface area contributed by atoms with E-state index in [9.17, 15) is 4.79 Å². The topological polar surface area (TPSA) is 46.4 Å². The molecular weight excluding hydrogens is 402 g/mol. The first kappa shape index (κ1) is 17.9. The number of carbonyl (C=O) groups is 1. The second kappa shape index (κ2) is 7.35. The SMILES string of the molecule is O=C(NCc1ccc(Cl)cc1)c1ccc2c(c1)sc1nc(-c3ccccc3)cn12. The second-order valence-electron chi connectivity index (χ2n) is 6.74. The van der Waals surface area contributed by atoms with Gasteiger partial charge in [0.15, 0.2) is 4.96 Å². The zero-order valence-electron chi connectivity index (χ0n) is 15.3. The largest absolute Gasteiger partial charge is 0.348 e. The fraction of sp³-hybridized carbons (Fsp3) is 0.0435. The summed E-state index contributed by atoms with van der Waals surface area (Å²) >= 11 is 7.48. The third-order valence-electron chi connectivity index (χ3n) is 4.79. The van der Waals surface area contributed by atoms with Crippen molar-refractivity contribution in [3.63, 3.8) is 0 Å². The maximum Gasteiger partial charge on any atom is 0.251 e. The molecule has 0 saturated heterocycles. The molecule has 5 aromatic rings. The number of nitrogens with zero attached hydrogens (tertiary/aromatic N) is 2. The molecule has 1 amide bonds. The number of hydrogen-bond donors (Lipinski definition) is 1. The van der Waals surface area contributed by atoms with Crippen molar-refractivity contribution in [2.45, 2.75) is 6.54 Å². The molecule has 4 nitrogen and oxygen atoms in total. The first-order valence-corrected chi connectivity index (χ1v) is 10.4. The van der Waals surface area contributed by atoms with Crippen LogP contribution in [-0.4, -0.2) is 15.3 Å². The van der Waals surface area contributed by atoms with Gasteiger partial charge in [0.25, 0.3) is 5.91 Å². The van der Waals surface area contributed by atoms with Gasteiger partial charge < -0.3 is 5.32 Å². The van der Waals surface area contributed by atoms with Gasteiger partial charge in [-0.3, -0.25) is 9.20 Å². The lowest BCUT2D eigenvalue weighted by Crippen LogP contribution is -2.22. The Bertz CT molecular complexity index is 1320. The molecular formula is C23H16ClN3OS. The Kier molecular flexibility index (Phi) is 4.54. The van der Waals surface area contributed by atoms with E-state index in [2.05, 4.69) is 21.9 Å². The second-order valence-corrected chi connectivity index (χ2v) is 8.18. The van der Waals surface area contributed by atoms with Gasteiger partial charge in [-0.05, 0) is 35.9 Å². The van der Waals surface area contributed by atoms with Crippen molar-refractivity contribution < 1.29 is 4.79 Å². The average molecular weight is 418 g/mol. The molecule has 1 N–H and O–H groups in total. The van der Waals surface area contributed by atoms with Gasteiger partial charge in [-0.2, -0.15) is 0 Å². The molecule has 0 spiro atoms. The summed E-state index contributed by atoms with van der Waals surface area (Å²) in [7, 11) is 0. The number of amides is 1. The van der Waals surface area contributed by atoms with Crippen LogP contribution in [0, 0.1) is 0 Å². The number of aromatic nitrogens is 2.